The number of hydrogen-bond donors (Lipinski definition) is 0. The van der Waals surface area contributed by atoms with Gasteiger partial charge in [0.25, 0.3) is 0 Å². The Hall–Kier alpha value is -1.84. The van der Waals surface area contributed by atoms with Crippen molar-refractivity contribution in [3.8, 4) is 0 Å². The Kier molecular flexibility index (Phi) is 4.46. The standard InChI is InChI=1S/C18H23NO3/c1-13(20)19-11-10-14-12-15(8-9-17(14)19)18(21)22-16-6-4-2-3-5-7-16/h8-9,12,16H,2-7,10-11H2,1H3. The Morgan fingerprint density at radius 2 is 1.86 bits per heavy atom. The summed E-state index contributed by atoms with van der Waals surface area (Å²) in [4.78, 5) is 25.7. The molecule has 3 rings (SSSR count). The number of hydrogen-bond acceptors (Lipinski definition) is 3. The van der Waals surface area contributed by atoms with Gasteiger partial charge < -0.3 is 9.64 Å². The minimum Gasteiger partial charge on any atom is -0.459 e. The van der Waals surface area contributed by atoms with Crippen LogP contribution in [-0.4, -0.2) is 24.5 Å². The zero-order valence-corrected chi connectivity index (χ0v) is 13.1. The van der Waals surface area contributed by atoms with E-state index in [1.165, 1.54) is 12.8 Å². The van der Waals surface area contributed by atoms with Crippen LogP contribution in [0.5, 0.6) is 0 Å². The molecule has 0 saturated heterocycles. The van der Waals surface area contributed by atoms with Crippen molar-refractivity contribution in [1.82, 2.24) is 0 Å². The number of rotatable bonds is 2. The summed E-state index contributed by atoms with van der Waals surface area (Å²) in [5, 5.41) is 0. The summed E-state index contributed by atoms with van der Waals surface area (Å²) in [6.45, 7) is 2.27. The normalized spacial score (nSPS) is 18.7. The van der Waals surface area contributed by atoms with Crippen molar-refractivity contribution in [1.29, 1.82) is 0 Å². The Morgan fingerprint density at radius 1 is 1.14 bits per heavy atom. The fourth-order valence-corrected chi connectivity index (χ4v) is 3.43. The highest BCUT2D eigenvalue weighted by atomic mass is 16.5. The number of carbonyl (C=O) groups is 2. The van der Waals surface area contributed by atoms with Gasteiger partial charge in [0.15, 0.2) is 0 Å². The summed E-state index contributed by atoms with van der Waals surface area (Å²) < 4.78 is 5.67. The molecule has 0 N–H and O–H groups in total. The molecule has 1 heterocycles. The zero-order valence-electron chi connectivity index (χ0n) is 13.1. The first-order valence-electron chi connectivity index (χ1n) is 8.27. The van der Waals surface area contributed by atoms with Gasteiger partial charge in [-0.1, -0.05) is 12.8 Å². The van der Waals surface area contributed by atoms with Gasteiger partial charge in [0.1, 0.15) is 6.10 Å². The SMILES string of the molecule is CC(=O)N1CCc2cc(C(=O)OC3CCCCCC3)ccc21. The van der Waals surface area contributed by atoms with E-state index in [1.807, 2.05) is 12.1 Å². The molecule has 1 fully saturated rings. The monoisotopic (exact) mass is 301 g/mol. The third-order valence-corrected chi connectivity index (χ3v) is 4.67. The lowest BCUT2D eigenvalue weighted by Gasteiger charge is -2.17. The molecule has 118 valence electrons. The van der Waals surface area contributed by atoms with Crippen LogP contribution in [0.3, 0.4) is 0 Å². The number of anilines is 1. The number of ether oxygens (including phenoxy) is 1. The predicted molar refractivity (Wildman–Crippen MR) is 85.1 cm³/mol. The molecule has 0 bridgehead atoms. The van der Waals surface area contributed by atoms with E-state index < -0.39 is 0 Å². The lowest BCUT2D eigenvalue weighted by Crippen LogP contribution is -2.25. The van der Waals surface area contributed by atoms with Crippen LogP contribution in [0, 0.1) is 0 Å². The van der Waals surface area contributed by atoms with Gasteiger partial charge >= 0.3 is 5.97 Å². The van der Waals surface area contributed by atoms with Crippen LogP contribution in [0.4, 0.5) is 5.69 Å². The van der Waals surface area contributed by atoms with Crippen LogP contribution >= 0.6 is 0 Å². The number of benzene rings is 1. The van der Waals surface area contributed by atoms with Crippen LogP contribution in [0.2, 0.25) is 0 Å². The number of fused-ring (bicyclic) bond motifs is 1. The third-order valence-electron chi connectivity index (χ3n) is 4.67. The zero-order chi connectivity index (χ0) is 15.5. The molecule has 4 nitrogen and oxygen atoms in total. The third kappa shape index (κ3) is 3.16. The molecule has 1 aromatic rings. The first-order valence-corrected chi connectivity index (χ1v) is 8.27. The Balaban J connectivity index is 1.70. The quantitative estimate of drug-likeness (QED) is 0.620. The van der Waals surface area contributed by atoms with Gasteiger partial charge in [0.05, 0.1) is 5.56 Å². The molecule has 0 atom stereocenters. The highest BCUT2D eigenvalue weighted by Crippen LogP contribution is 2.29. The highest BCUT2D eigenvalue weighted by Gasteiger charge is 2.24. The average Bonchev–Trinajstić information content (AvgIpc) is 2.77. The first kappa shape index (κ1) is 15.1. The smallest absolute Gasteiger partial charge is 0.338 e. The lowest BCUT2D eigenvalue weighted by molar-refractivity contribution is -0.116. The molecular weight excluding hydrogens is 278 g/mol. The molecule has 0 radical (unpaired) electrons. The number of amides is 1. The van der Waals surface area contributed by atoms with Crippen molar-refractivity contribution in [3.05, 3.63) is 29.3 Å². The second kappa shape index (κ2) is 6.51. The van der Waals surface area contributed by atoms with Gasteiger partial charge in [-0.3, -0.25) is 4.79 Å². The molecule has 0 unspecified atom stereocenters. The second-order valence-corrected chi connectivity index (χ2v) is 6.28. The molecule has 1 amide bonds. The largest absolute Gasteiger partial charge is 0.459 e. The summed E-state index contributed by atoms with van der Waals surface area (Å²) in [6.07, 6.45) is 7.62. The number of carbonyl (C=O) groups excluding carboxylic acids is 2. The maximum atomic E-state index is 12.3. The molecule has 1 aliphatic heterocycles. The number of esters is 1. The highest BCUT2D eigenvalue weighted by molar-refractivity contribution is 5.96. The lowest BCUT2D eigenvalue weighted by atomic mass is 10.1. The van der Waals surface area contributed by atoms with E-state index >= 15 is 0 Å². The Labute approximate surface area is 131 Å². The van der Waals surface area contributed by atoms with Crippen LogP contribution in [0.1, 0.15) is 61.4 Å². The Morgan fingerprint density at radius 3 is 2.55 bits per heavy atom. The first-order chi connectivity index (χ1) is 10.6. The van der Waals surface area contributed by atoms with Gasteiger partial charge in [-0.2, -0.15) is 0 Å². The van der Waals surface area contributed by atoms with Crippen molar-refractivity contribution >= 4 is 17.6 Å². The fraction of sp³-hybridized carbons (Fsp3) is 0.556. The maximum absolute atomic E-state index is 12.3. The van der Waals surface area contributed by atoms with E-state index in [2.05, 4.69) is 0 Å². The molecular formula is C18H23NO3. The van der Waals surface area contributed by atoms with Crippen molar-refractivity contribution in [2.75, 3.05) is 11.4 Å². The van der Waals surface area contributed by atoms with Gasteiger partial charge in [-0.15, -0.1) is 0 Å². The summed E-state index contributed by atoms with van der Waals surface area (Å²) >= 11 is 0. The van der Waals surface area contributed by atoms with Gasteiger partial charge in [-0.25, -0.2) is 4.79 Å². The van der Waals surface area contributed by atoms with Crippen molar-refractivity contribution in [2.24, 2.45) is 0 Å². The molecule has 1 saturated carbocycles. The molecule has 1 aliphatic carbocycles. The summed E-state index contributed by atoms with van der Waals surface area (Å²) in [5.41, 5.74) is 2.59. The number of nitrogens with zero attached hydrogens (tertiary/aromatic N) is 1. The van der Waals surface area contributed by atoms with E-state index in [9.17, 15) is 9.59 Å². The van der Waals surface area contributed by atoms with Crippen LogP contribution < -0.4 is 4.90 Å². The van der Waals surface area contributed by atoms with Gasteiger partial charge in [-0.05, 0) is 55.9 Å². The van der Waals surface area contributed by atoms with E-state index in [-0.39, 0.29) is 18.0 Å². The van der Waals surface area contributed by atoms with Gasteiger partial charge in [0, 0.05) is 19.2 Å². The van der Waals surface area contributed by atoms with Crippen LogP contribution in [0.25, 0.3) is 0 Å². The predicted octanol–water partition coefficient (Wildman–Crippen LogP) is 3.48. The van der Waals surface area contributed by atoms with E-state index in [0.29, 0.717) is 12.1 Å². The van der Waals surface area contributed by atoms with E-state index in [0.717, 1.165) is 43.4 Å². The summed E-state index contributed by atoms with van der Waals surface area (Å²) in [5.74, 6) is -0.177. The summed E-state index contributed by atoms with van der Waals surface area (Å²) in [7, 11) is 0. The topological polar surface area (TPSA) is 46.6 Å². The molecule has 1 aromatic carbocycles. The van der Waals surface area contributed by atoms with E-state index in [4.69, 9.17) is 4.74 Å². The average molecular weight is 301 g/mol. The summed E-state index contributed by atoms with van der Waals surface area (Å²) in [6, 6.07) is 5.53. The molecule has 2 aliphatic rings. The van der Waals surface area contributed by atoms with E-state index in [1.54, 1.807) is 17.9 Å². The molecule has 4 heteroatoms. The minimum absolute atomic E-state index is 0.0486. The van der Waals surface area contributed by atoms with Crippen molar-refractivity contribution < 1.29 is 14.3 Å². The van der Waals surface area contributed by atoms with Crippen LogP contribution in [0.15, 0.2) is 18.2 Å². The van der Waals surface area contributed by atoms with Crippen LogP contribution in [-0.2, 0) is 16.0 Å². The van der Waals surface area contributed by atoms with Gasteiger partial charge in [0.2, 0.25) is 5.91 Å². The minimum atomic E-state index is -0.226. The van der Waals surface area contributed by atoms with Crippen molar-refractivity contribution in [3.63, 3.8) is 0 Å². The molecule has 0 spiro atoms. The molecule has 0 aromatic heterocycles. The second-order valence-electron chi connectivity index (χ2n) is 6.28. The molecule has 22 heavy (non-hydrogen) atoms. The van der Waals surface area contributed by atoms with Crippen molar-refractivity contribution in [2.45, 2.75) is 58.0 Å². The Bertz CT molecular complexity index is 574. The fourth-order valence-electron chi connectivity index (χ4n) is 3.43. The maximum Gasteiger partial charge on any atom is 0.338 e.